The highest BCUT2D eigenvalue weighted by atomic mass is 16.4. The van der Waals surface area contributed by atoms with Gasteiger partial charge in [-0.3, -0.25) is 38.4 Å². The van der Waals surface area contributed by atoms with Gasteiger partial charge in [-0.25, -0.2) is 4.79 Å². The van der Waals surface area contributed by atoms with Crippen LogP contribution in [0, 0.1) is 23.7 Å². The summed E-state index contributed by atoms with van der Waals surface area (Å²) in [6.07, 6.45) is 2.76. The van der Waals surface area contributed by atoms with Crippen molar-refractivity contribution in [1.82, 2.24) is 42.5 Å². The zero-order valence-corrected chi connectivity index (χ0v) is 46.7. The lowest BCUT2D eigenvalue weighted by molar-refractivity contribution is -0.142. The summed E-state index contributed by atoms with van der Waals surface area (Å²) in [5.41, 5.74) is 18.6. The van der Waals surface area contributed by atoms with Crippen LogP contribution in [-0.4, -0.2) is 137 Å². The summed E-state index contributed by atoms with van der Waals surface area (Å²) < 4.78 is 0. The summed E-state index contributed by atoms with van der Waals surface area (Å²) >= 11 is 0. The van der Waals surface area contributed by atoms with Gasteiger partial charge in [0.25, 0.3) is 0 Å². The van der Waals surface area contributed by atoms with Gasteiger partial charge in [0.15, 0.2) is 0 Å². The van der Waals surface area contributed by atoms with Crippen molar-refractivity contribution < 1.29 is 58.5 Å². The first-order valence-corrected chi connectivity index (χ1v) is 27.1. The third kappa shape index (κ3) is 25.5. The number of hydrogen-bond donors (Lipinski definition) is 14. The van der Waals surface area contributed by atoms with Gasteiger partial charge in [-0.05, 0) is 124 Å². The van der Waals surface area contributed by atoms with Crippen LogP contribution < -0.4 is 59.7 Å². The number of carbonyl (C=O) groups excluding carboxylic acids is 8. The predicted octanol–water partition coefficient (Wildman–Crippen LogP) is 0.857. The number of rotatable bonds is 36. The van der Waals surface area contributed by atoms with Crippen molar-refractivity contribution in [2.45, 2.75) is 174 Å². The van der Waals surface area contributed by atoms with E-state index in [0.717, 1.165) is 0 Å². The smallest absolute Gasteiger partial charge is 0.326 e. The van der Waals surface area contributed by atoms with Crippen LogP contribution in [-0.2, 0) is 56.0 Å². The maximum atomic E-state index is 14.3. The second kappa shape index (κ2) is 34.8. The van der Waals surface area contributed by atoms with E-state index >= 15 is 0 Å². The highest BCUT2D eigenvalue weighted by molar-refractivity contribution is 5.97. The summed E-state index contributed by atoms with van der Waals surface area (Å²) in [5, 5.41) is 50.9. The summed E-state index contributed by atoms with van der Waals surface area (Å²) in [6.45, 7) is 14.4. The van der Waals surface area contributed by atoms with Gasteiger partial charge in [0, 0.05) is 12.8 Å². The van der Waals surface area contributed by atoms with E-state index in [2.05, 4.69) is 42.5 Å². The number of phenols is 2. The average molecular weight is 1100 g/mol. The fraction of sp³-hybridized carbons (Fsp3) is 0.618. The van der Waals surface area contributed by atoms with E-state index in [1.54, 1.807) is 52.0 Å². The fourth-order valence-electron chi connectivity index (χ4n) is 8.33. The molecule has 0 heterocycles. The summed E-state index contributed by atoms with van der Waals surface area (Å²) in [7, 11) is 0. The lowest BCUT2D eigenvalue weighted by Crippen LogP contribution is -2.60. The number of nitrogens with two attached hydrogens (primary N) is 3. The second-order valence-electron chi connectivity index (χ2n) is 21.5. The molecule has 0 aliphatic rings. The van der Waals surface area contributed by atoms with Gasteiger partial charge in [-0.15, -0.1) is 0 Å². The molecule has 23 heteroatoms. The summed E-state index contributed by atoms with van der Waals surface area (Å²) in [4.78, 5) is 123. The number of benzene rings is 2. The molecule has 78 heavy (non-hydrogen) atoms. The molecule has 0 saturated carbocycles. The van der Waals surface area contributed by atoms with Crippen LogP contribution in [0.25, 0.3) is 0 Å². The van der Waals surface area contributed by atoms with E-state index in [9.17, 15) is 58.5 Å². The first-order valence-electron chi connectivity index (χ1n) is 27.1. The number of aliphatic carboxylic acids is 1. The molecule has 0 aliphatic carbocycles. The molecule has 17 N–H and O–H groups in total. The normalized spacial score (nSPS) is 14.4. The van der Waals surface area contributed by atoms with Gasteiger partial charge in [-0.1, -0.05) is 86.1 Å². The minimum atomic E-state index is -1.31. The van der Waals surface area contributed by atoms with Gasteiger partial charge < -0.3 is 75.1 Å². The van der Waals surface area contributed by atoms with Crippen LogP contribution in [0.1, 0.15) is 124 Å². The Morgan fingerprint density at radius 3 is 1.27 bits per heavy atom. The Morgan fingerprint density at radius 1 is 0.449 bits per heavy atom. The Balaban J connectivity index is 2.32. The maximum Gasteiger partial charge on any atom is 0.326 e. The highest BCUT2D eigenvalue weighted by Gasteiger charge is 2.35. The predicted molar refractivity (Wildman–Crippen MR) is 295 cm³/mol. The monoisotopic (exact) mass is 1100 g/mol. The Labute approximate surface area is 458 Å². The summed E-state index contributed by atoms with van der Waals surface area (Å²) in [6, 6.07) is 2.37. The van der Waals surface area contributed by atoms with Gasteiger partial charge in [-0.2, -0.15) is 0 Å². The van der Waals surface area contributed by atoms with E-state index in [0.29, 0.717) is 49.8 Å². The molecule has 0 saturated heterocycles. The van der Waals surface area contributed by atoms with Crippen molar-refractivity contribution in [2.24, 2.45) is 40.9 Å². The molecule has 2 aromatic rings. The molecular formula is C55H89N11O12. The van der Waals surface area contributed by atoms with Crippen LogP contribution in [0.3, 0.4) is 0 Å². The number of phenolic OH excluding ortho intramolecular Hbond substituents is 2. The molecule has 436 valence electrons. The third-order valence-corrected chi connectivity index (χ3v) is 12.6. The summed E-state index contributed by atoms with van der Waals surface area (Å²) in [5.74, 6) is -8.00. The molecule has 0 fully saturated rings. The van der Waals surface area contributed by atoms with Crippen LogP contribution in [0.5, 0.6) is 11.5 Å². The van der Waals surface area contributed by atoms with E-state index in [1.165, 1.54) is 24.3 Å². The van der Waals surface area contributed by atoms with Crippen molar-refractivity contribution in [3.05, 3.63) is 59.7 Å². The first kappa shape index (κ1) is 67.3. The molecule has 2 aromatic carbocycles. The van der Waals surface area contributed by atoms with Gasteiger partial charge in [0.05, 0.1) is 12.6 Å². The number of carbonyl (C=O) groups is 9. The molecule has 0 aromatic heterocycles. The fourth-order valence-corrected chi connectivity index (χ4v) is 8.33. The quantitative estimate of drug-likeness (QED) is 0.0421. The Morgan fingerprint density at radius 2 is 0.821 bits per heavy atom. The van der Waals surface area contributed by atoms with Gasteiger partial charge in [0.2, 0.25) is 47.3 Å². The number of hydrogen-bond acceptors (Lipinski definition) is 14. The Bertz CT molecular complexity index is 2240. The second-order valence-corrected chi connectivity index (χ2v) is 21.5. The zero-order valence-electron chi connectivity index (χ0n) is 46.7. The van der Waals surface area contributed by atoms with E-state index in [-0.39, 0.29) is 74.3 Å². The lowest BCUT2D eigenvalue weighted by atomic mass is 9.98. The number of carboxylic acids is 1. The Kier molecular flexibility index (Phi) is 30.0. The lowest BCUT2D eigenvalue weighted by Gasteiger charge is -2.29. The average Bonchev–Trinajstić information content (AvgIpc) is 3.36. The number of unbranched alkanes of at least 4 members (excludes halogenated alkanes) is 2. The highest BCUT2D eigenvalue weighted by Crippen LogP contribution is 2.16. The molecule has 23 nitrogen and oxygen atoms in total. The molecule has 0 radical (unpaired) electrons. The largest absolute Gasteiger partial charge is 0.508 e. The van der Waals surface area contributed by atoms with Crippen molar-refractivity contribution in [1.29, 1.82) is 0 Å². The molecular weight excluding hydrogens is 1010 g/mol. The minimum absolute atomic E-state index is 0.0000182. The standard InChI is InChI=1S/C55H89N11O12/c1-31(2)25-41(51(73)60-40(14-10-12-24-57)50(72)63-44(29-36-17-21-38(68)22-18-36)53(75)65-45(55(77)78)27-33(5)6)62-52(74)42(26-32(3)4)64-54(76)47(34(7)8)66-46(69)30-59-49(71)43(28-35-15-19-37(67)20-16-35)61-48(70)39(58)13-9-11-23-56/h15-22,31-34,39-45,47,67-68H,9-14,23-30,56-58H2,1-8H3,(H,59,71)(H,60,73)(H,61,70)(H,62,74)(H,63,72)(H,64,76)(H,65,75)(H,66,69)(H,77,78)/t39-,40-,41-,42-,43-,44-,45-,47-/m0/s1. The Hall–Kier alpha value is -6.85. The van der Waals surface area contributed by atoms with E-state index in [1.807, 2.05) is 27.7 Å². The number of amides is 8. The van der Waals surface area contributed by atoms with Crippen molar-refractivity contribution in [3.63, 3.8) is 0 Å². The first-order chi connectivity index (χ1) is 36.7. The van der Waals surface area contributed by atoms with Crippen molar-refractivity contribution in [2.75, 3.05) is 19.6 Å². The molecule has 0 unspecified atom stereocenters. The molecule has 2 rings (SSSR count). The SMILES string of the molecule is CC(C)C[C@H](NC(=O)[C@H](Cc1ccc(O)cc1)NC(=O)[C@H](CCCCN)NC(=O)[C@H](CC(C)C)NC(=O)[C@H](CC(C)C)NC(=O)[C@@H](NC(=O)CNC(=O)[C@H](Cc1ccc(O)cc1)NC(=O)[C@@H](N)CCCCN)C(C)C)C(=O)O. The molecule has 8 atom stereocenters. The van der Waals surface area contributed by atoms with E-state index < -0.39 is 114 Å². The molecule has 0 spiro atoms. The topological polar surface area (TPSA) is 389 Å². The maximum absolute atomic E-state index is 14.3. The van der Waals surface area contributed by atoms with Gasteiger partial charge in [0.1, 0.15) is 53.8 Å². The van der Waals surface area contributed by atoms with Crippen LogP contribution >= 0.6 is 0 Å². The molecule has 0 bridgehead atoms. The third-order valence-electron chi connectivity index (χ3n) is 12.6. The minimum Gasteiger partial charge on any atom is -0.508 e. The van der Waals surface area contributed by atoms with Crippen LogP contribution in [0.2, 0.25) is 0 Å². The number of carboxylic acid groups (broad SMARTS) is 1. The molecule has 8 amide bonds. The van der Waals surface area contributed by atoms with Crippen LogP contribution in [0.4, 0.5) is 0 Å². The number of nitrogens with one attached hydrogen (secondary N) is 8. The zero-order chi connectivity index (χ0) is 58.6. The van der Waals surface area contributed by atoms with Crippen molar-refractivity contribution in [3.8, 4) is 11.5 Å². The van der Waals surface area contributed by atoms with Crippen molar-refractivity contribution >= 4 is 53.2 Å². The van der Waals surface area contributed by atoms with E-state index in [4.69, 9.17) is 17.2 Å². The number of aromatic hydroxyl groups is 2. The molecule has 0 aliphatic heterocycles. The van der Waals surface area contributed by atoms with Crippen LogP contribution in [0.15, 0.2) is 48.5 Å². The van der Waals surface area contributed by atoms with Gasteiger partial charge >= 0.3 is 5.97 Å².